The van der Waals surface area contributed by atoms with E-state index in [9.17, 15) is 9.59 Å². The van der Waals surface area contributed by atoms with Crippen molar-refractivity contribution in [2.24, 2.45) is 0 Å². The summed E-state index contributed by atoms with van der Waals surface area (Å²) >= 11 is 0. The monoisotopic (exact) mass is 387 g/mol. The minimum atomic E-state index is -0.419. The third-order valence-corrected chi connectivity index (χ3v) is 5.77. The van der Waals surface area contributed by atoms with Gasteiger partial charge in [0.05, 0.1) is 0 Å². The summed E-state index contributed by atoms with van der Waals surface area (Å²) in [5, 5.41) is 0. The number of ketones is 1. The average Bonchev–Trinajstić information content (AvgIpc) is 3.10. The first-order chi connectivity index (χ1) is 14.1. The van der Waals surface area contributed by atoms with Gasteiger partial charge in [0.15, 0.2) is 5.78 Å². The van der Waals surface area contributed by atoms with Crippen LogP contribution >= 0.6 is 0 Å². The van der Waals surface area contributed by atoms with Crippen LogP contribution in [0.5, 0.6) is 0 Å². The van der Waals surface area contributed by atoms with Gasteiger partial charge >= 0.3 is 5.97 Å². The number of nitrogens with one attached hydrogen (secondary N) is 1. The predicted molar refractivity (Wildman–Crippen MR) is 112 cm³/mol. The zero-order valence-electron chi connectivity index (χ0n) is 16.8. The van der Waals surface area contributed by atoms with Crippen molar-refractivity contribution in [2.75, 3.05) is 0 Å². The molecule has 1 heterocycles. The topological polar surface area (TPSA) is 59.2 Å². The van der Waals surface area contributed by atoms with E-state index in [1.807, 2.05) is 37.3 Å². The van der Waals surface area contributed by atoms with Gasteiger partial charge in [0, 0.05) is 17.7 Å². The van der Waals surface area contributed by atoms with Crippen LogP contribution in [0.1, 0.15) is 68.1 Å². The maximum absolute atomic E-state index is 12.9. The highest BCUT2D eigenvalue weighted by Crippen LogP contribution is 2.35. The largest absolute Gasteiger partial charge is 0.456 e. The second kappa shape index (κ2) is 8.08. The zero-order chi connectivity index (χ0) is 20.4. The van der Waals surface area contributed by atoms with Crippen LogP contribution in [0, 0.1) is 6.92 Å². The van der Waals surface area contributed by atoms with Gasteiger partial charge in [-0.15, -0.1) is 0 Å². The number of esters is 1. The molecule has 4 rings (SSSR count). The Kier molecular flexibility index (Phi) is 5.34. The number of hydrogen-bond acceptors (Lipinski definition) is 3. The summed E-state index contributed by atoms with van der Waals surface area (Å²) in [4.78, 5) is 28.7. The van der Waals surface area contributed by atoms with Crippen molar-refractivity contribution >= 4 is 11.8 Å². The van der Waals surface area contributed by atoms with Gasteiger partial charge in [-0.05, 0) is 47.9 Å². The number of aryl methyl sites for hydroxylation is 1. The molecule has 1 aromatic heterocycles. The van der Waals surface area contributed by atoms with E-state index in [1.54, 1.807) is 0 Å². The number of carbonyl (C=O) groups excluding carboxylic acids is 2. The van der Waals surface area contributed by atoms with E-state index in [2.05, 4.69) is 36.2 Å². The highest BCUT2D eigenvalue weighted by Gasteiger charge is 2.32. The Morgan fingerprint density at radius 3 is 2.45 bits per heavy atom. The van der Waals surface area contributed by atoms with E-state index < -0.39 is 5.97 Å². The molecule has 0 saturated heterocycles. The van der Waals surface area contributed by atoms with Crippen LogP contribution in [0.4, 0.5) is 0 Å². The van der Waals surface area contributed by atoms with E-state index >= 15 is 0 Å². The van der Waals surface area contributed by atoms with Crippen LogP contribution in [-0.4, -0.2) is 16.7 Å². The second-order valence-electron chi connectivity index (χ2n) is 7.66. The first-order valence-electron chi connectivity index (χ1n) is 10.1. The highest BCUT2D eigenvalue weighted by atomic mass is 16.5. The summed E-state index contributed by atoms with van der Waals surface area (Å²) in [7, 11) is 0. The lowest BCUT2D eigenvalue weighted by Crippen LogP contribution is -2.18. The number of fused-ring (bicyclic) bond motifs is 1. The number of rotatable bonds is 5. The van der Waals surface area contributed by atoms with E-state index in [4.69, 9.17) is 4.74 Å². The van der Waals surface area contributed by atoms with Crippen LogP contribution in [0.3, 0.4) is 0 Å². The number of aromatic nitrogens is 1. The van der Waals surface area contributed by atoms with E-state index in [1.165, 1.54) is 11.1 Å². The minimum Gasteiger partial charge on any atom is -0.456 e. The van der Waals surface area contributed by atoms with Gasteiger partial charge in [-0.3, -0.25) is 4.79 Å². The molecule has 3 aromatic rings. The molecule has 1 aliphatic rings. The number of aromatic amines is 1. The fraction of sp³-hybridized carbons (Fsp3) is 0.280. The third-order valence-electron chi connectivity index (χ3n) is 5.77. The summed E-state index contributed by atoms with van der Waals surface area (Å²) < 4.78 is 5.46. The standard InChI is InChI=1S/C25H25NO3/c1-3-17-9-11-19(12-10-17)20-13-21-23(22(27)14-20)16(2)24(26-21)25(28)29-15-18-7-5-4-6-8-18/h4-12,20,26H,3,13-15H2,1-2H3/t20-/m0/s1. The maximum atomic E-state index is 12.9. The molecule has 0 radical (unpaired) electrons. The fourth-order valence-corrected chi connectivity index (χ4v) is 4.09. The molecule has 148 valence electrons. The summed E-state index contributed by atoms with van der Waals surface area (Å²) in [6, 6.07) is 18.1. The molecular weight excluding hydrogens is 362 g/mol. The molecule has 1 aliphatic carbocycles. The van der Waals surface area contributed by atoms with Gasteiger partial charge in [-0.25, -0.2) is 4.79 Å². The van der Waals surface area contributed by atoms with Gasteiger partial charge in [-0.1, -0.05) is 61.5 Å². The summed E-state index contributed by atoms with van der Waals surface area (Å²) in [5.74, 6) is -0.198. The van der Waals surface area contributed by atoms with Crippen molar-refractivity contribution in [3.8, 4) is 0 Å². The predicted octanol–water partition coefficient (Wildman–Crippen LogP) is 5.16. The summed E-state index contributed by atoms with van der Waals surface area (Å²) in [6.45, 7) is 4.16. The molecule has 2 aromatic carbocycles. The quantitative estimate of drug-likeness (QED) is 0.616. The Balaban J connectivity index is 1.53. The number of Topliss-reactive ketones (excluding diaryl/α,β-unsaturated/α-hetero) is 1. The molecule has 1 N–H and O–H groups in total. The number of benzene rings is 2. The van der Waals surface area contributed by atoms with Crippen molar-refractivity contribution < 1.29 is 14.3 Å². The number of H-pyrrole nitrogens is 1. The number of hydrogen-bond donors (Lipinski definition) is 1. The smallest absolute Gasteiger partial charge is 0.355 e. The Morgan fingerprint density at radius 2 is 1.76 bits per heavy atom. The van der Waals surface area contributed by atoms with E-state index in [-0.39, 0.29) is 18.3 Å². The Bertz CT molecular complexity index is 1030. The van der Waals surface area contributed by atoms with Gasteiger partial charge in [0.2, 0.25) is 0 Å². The molecule has 0 fully saturated rings. The van der Waals surface area contributed by atoms with Crippen molar-refractivity contribution in [3.63, 3.8) is 0 Å². The molecule has 0 saturated carbocycles. The Hall–Kier alpha value is -3.14. The minimum absolute atomic E-state index is 0.0895. The van der Waals surface area contributed by atoms with E-state index in [0.29, 0.717) is 23.2 Å². The Labute approximate surface area is 170 Å². The fourth-order valence-electron chi connectivity index (χ4n) is 4.09. The zero-order valence-corrected chi connectivity index (χ0v) is 16.8. The summed E-state index contributed by atoms with van der Waals surface area (Å²) in [6.07, 6.45) is 2.19. The molecule has 0 bridgehead atoms. The van der Waals surface area contributed by atoms with E-state index in [0.717, 1.165) is 24.1 Å². The third kappa shape index (κ3) is 3.88. The second-order valence-corrected chi connectivity index (χ2v) is 7.66. The Morgan fingerprint density at radius 1 is 1.03 bits per heavy atom. The average molecular weight is 387 g/mol. The lowest BCUT2D eigenvalue weighted by Gasteiger charge is -2.22. The highest BCUT2D eigenvalue weighted by molar-refractivity contribution is 6.03. The van der Waals surface area contributed by atoms with Crippen molar-refractivity contribution in [3.05, 3.63) is 93.8 Å². The van der Waals surface area contributed by atoms with Crippen molar-refractivity contribution in [1.82, 2.24) is 4.98 Å². The van der Waals surface area contributed by atoms with Crippen LogP contribution < -0.4 is 0 Å². The first kappa shape index (κ1) is 19.2. The van der Waals surface area contributed by atoms with Crippen LogP contribution in [0.25, 0.3) is 0 Å². The van der Waals surface area contributed by atoms with Crippen LogP contribution in [0.15, 0.2) is 54.6 Å². The molecule has 0 spiro atoms. The van der Waals surface area contributed by atoms with Gasteiger partial charge in [0.1, 0.15) is 12.3 Å². The van der Waals surface area contributed by atoms with Gasteiger partial charge < -0.3 is 9.72 Å². The lowest BCUT2D eigenvalue weighted by molar-refractivity contribution is 0.0465. The number of carbonyl (C=O) groups is 2. The van der Waals surface area contributed by atoms with Crippen LogP contribution in [-0.2, 0) is 24.2 Å². The molecule has 0 amide bonds. The molecule has 0 aliphatic heterocycles. The molecular formula is C25H25NO3. The maximum Gasteiger partial charge on any atom is 0.355 e. The molecule has 0 unspecified atom stereocenters. The molecule has 1 atom stereocenters. The number of ether oxygens (including phenoxy) is 1. The van der Waals surface area contributed by atoms with Gasteiger partial charge in [-0.2, -0.15) is 0 Å². The molecule has 4 nitrogen and oxygen atoms in total. The summed E-state index contributed by atoms with van der Waals surface area (Å²) in [5.41, 5.74) is 5.98. The normalized spacial score (nSPS) is 15.8. The van der Waals surface area contributed by atoms with Crippen molar-refractivity contribution in [2.45, 2.75) is 45.6 Å². The van der Waals surface area contributed by atoms with Crippen molar-refractivity contribution in [1.29, 1.82) is 0 Å². The SMILES string of the molecule is CCc1ccc([C@@H]2CC(=O)c3c([nH]c(C(=O)OCc4ccccc4)c3C)C2)cc1. The first-order valence-corrected chi connectivity index (χ1v) is 10.1. The molecule has 29 heavy (non-hydrogen) atoms. The van der Waals surface area contributed by atoms with Crippen LogP contribution in [0.2, 0.25) is 0 Å². The molecule has 4 heteroatoms. The lowest BCUT2D eigenvalue weighted by atomic mass is 9.81. The van der Waals surface area contributed by atoms with Gasteiger partial charge in [0.25, 0.3) is 0 Å².